The summed E-state index contributed by atoms with van der Waals surface area (Å²) in [5, 5.41) is 10.3. The van der Waals surface area contributed by atoms with Crippen molar-refractivity contribution in [2.24, 2.45) is 0 Å². The Kier molecular flexibility index (Phi) is 6.77. The Morgan fingerprint density at radius 3 is 2.88 bits per heavy atom. The lowest BCUT2D eigenvalue weighted by atomic mass is 10.1. The number of hydrogen-bond donors (Lipinski definition) is 1. The second-order valence-electron chi connectivity index (χ2n) is 8.08. The van der Waals surface area contributed by atoms with Crippen LogP contribution in [0.1, 0.15) is 41.4 Å². The van der Waals surface area contributed by atoms with Gasteiger partial charge < -0.3 is 10.5 Å². The van der Waals surface area contributed by atoms with Crippen molar-refractivity contribution in [1.29, 1.82) is 0 Å². The van der Waals surface area contributed by atoms with E-state index >= 15 is 0 Å². The molecule has 2 N–H and O–H groups in total. The number of nitrogen functional groups attached to an aromatic ring is 1. The van der Waals surface area contributed by atoms with Crippen molar-refractivity contribution in [2.75, 3.05) is 5.73 Å². The van der Waals surface area contributed by atoms with Gasteiger partial charge in [0.1, 0.15) is 23.1 Å². The molecule has 0 radical (unpaired) electrons. The van der Waals surface area contributed by atoms with Gasteiger partial charge in [-0.2, -0.15) is 0 Å². The monoisotopic (exact) mass is 496 g/mol. The molecular weight excluding hydrogens is 471 g/mol. The first kappa shape index (κ1) is 22.8. The van der Waals surface area contributed by atoms with Crippen LogP contribution in [0.2, 0.25) is 0 Å². The Morgan fingerprint density at radius 2 is 2.03 bits per heavy atom. The van der Waals surface area contributed by atoms with E-state index in [0.29, 0.717) is 34.9 Å². The van der Waals surface area contributed by atoms with Gasteiger partial charge in [0.05, 0.1) is 11.1 Å². The molecule has 0 spiro atoms. The Balaban J connectivity index is 1.33. The summed E-state index contributed by atoms with van der Waals surface area (Å²) in [6.45, 7) is 4.43. The van der Waals surface area contributed by atoms with E-state index in [-0.39, 0.29) is 12.4 Å². The predicted octanol–water partition coefficient (Wildman–Crippen LogP) is 5.33. The third kappa shape index (κ3) is 4.65. The highest BCUT2D eigenvalue weighted by molar-refractivity contribution is 7.98. The van der Waals surface area contributed by atoms with Crippen LogP contribution in [0.25, 0.3) is 10.2 Å². The van der Waals surface area contributed by atoms with Gasteiger partial charge in [0.25, 0.3) is 0 Å². The van der Waals surface area contributed by atoms with Crippen LogP contribution >= 0.6 is 23.1 Å². The normalized spacial score (nSPS) is 13.6. The number of aromatic nitrogens is 5. The second kappa shape index (κ2) is 10.1. The summed E-state index contributed by atoms with van der Waals surface area (Å²) in [4.78, 5) is 11.8. The Labute approximate surface area is 205 Å². The van der Waals surface area contributed by atoms with E-state index in [9.17, 15) is 4.39 Å². The number of nitrogens with two attached hydrogens (primary N) is 1. The van der Waals surface area contributed by atoms with Crippen LogP contribution in [0.4, 0.5) is 10.2 Å². The maximum absolute atomic E-state index is 13.9. The van der Waals surface area contributed by atoms with Crippen molar-refractivity contribution in [1.82, 2.24) is 24.7 Å². The number of ether oxygens (including phenoxy) is 1. The molecule has 4 aromatic rings. The number of aryl methyl sites for hydroxylation is 2. The summed E-state index contributed by atoms with van der Waals surface area (Å²) in [5.41, 5.74) is 7.73. The third-order valence-corrected chi connectivity index (χ3v) is 7.92. The average Bonchev–Trinajstić information content (AvgIpc) is 3.29. The smallest absolute Gasteiger partial charge is 0.192 e. The summed E-state index contributed by atoms with van der Waals surface area (Å²) in [7, 11) is 0. The molecule has 34 heavy (non-hydrogen) atoms. The SMILES string of the molecule is C=CCn1c(COc2ccccc2F)nnc1SCc1nc(N)c2c3c(sc2n1)CCCCC3. The van der Waals surface area contributed by atoms with Crippen molar-refractivity contribution < 1.29 is 9.13 Å². The highest BCUT2D eigenvalue weighted by Gasteiger charge is 2.20. The number of benzene rings is 1. The molecule has 1 aromatic carbocycles. The largest absolute Gasteiger partial charge is 0.483 e. The fourth-order valence-electron chi connectivity index (χ4n) is 4.15. The number of halogens is 1. The molecule has 0 saturated carbocycles. The number of fused-ring (bicyclic) bond motifs is 3. The van der Waals surface area contributed by atoms with Gasteiger partial charge in [-0.25, -0.2) is 14.4 Å². The molecule has 0 saturated heterocycles. The summed E-state index contributed by atoms with van der Waals surface area (Å²) in [6.07, 6.45) is 7.59. The summed E-state index contributed by atoms with van der Waals surface area (Å²) >= 11 is 3.23. The number of nitrogens with zero attached hydrogens (tertiary/aromatic N) is 5. The molecule has 5 rings (SSSR count). The van der Waals surface area contributed by atoms with Crippen molar-refractivity contribution in [3.05, 3.63) is 64.8 Å². The number of allylic oxidation sites excluding steroid dienone is 1. The lowest BCUT2D eigenvalue weighted by Gasteiger charge is -2.09. The first-order chi connectivity index (χ1) is 16.6. The molecule has 3 heterocycles. The topological polar surface area (TPSA) is 91.7 Å². The summed E-state index contributed by atoms with van der Waals surface area (Å²) in [6, 6.07) is 6.29. The first-order valence-corrected chi connectivity index (χ1v) is 13.0. The molecule has 10 heteroatoms. The van der Waals surface area contributed by atoms with Gasteiger partial charge in [-0.1, -0.05) is 36.4 Å². The van der Waals surface area contributed by atoms with Gasteiger partial charge in [-0.3, -0.25) is 4.57 Å². The zero-order valence-corrected chi connectivity index (χ0v) is 20.3. The second-order valence-corrected chi connectivity index (χ2v) is 10.1. The Morgan fingerprint density at radius 1 is 1.18 bits per heavy atom. The van der Waals surface area contributed by atoms with Crippen LogP contribution in [0.5, 0.6) is 5.75 Å². The van der Waals surface area contributed by atoms with E-state index < -0.39 is 5.82 Å². The van der Waals surface area contributed by atoms with Crippen molar-refractivity contribution in [3.63, 3.8) is 0 Å². The molecule has 1 aliphatic rings. The molecule has 0 unspecified atom stereocenters. The average molecular weight is 497 g/mol. The zero-order valence-electron chi connectivity index (χ0n) is 18.7. The predicted molar refractivity (Wildman–Crippen MR) is 134 cm³/mol. The van der Waals surface area contributed by atoms with Gasteiger partial charge in [-0.15, -0.1) is 28.1 Å². The zero-order chi connectivity index (χ0) is 23.5. The highest BCUT2D eigenvalue weighted by atomic mass is 32.2. The van der Waals surface area contributed by atoms with E-state index in [1.54, 1.807) is 35.6 Å². The minimum atomic E-state index is -0.414. The minimum absolute atomic E-state index is 0.0957. The molecule has 176 valence electrons. The number of thiophene rings is 1. The van der Waals surface area contributed by atoms with Gasteiger partial charge in [-0.05, 0) is 43.4 Å². The van der Waals surface area contributed by atoms with Gasteiger partial charge in [0.15, 0.2) is 22.5 Å². The Bertz CT molecular complexity index is 1330. The van der Waals surface area contributed by atoms with Crippen LogP contribution in [-0.4, -0.2) is 24.7 Å². The molecule has 0 bridgehead atoms. The van der Waals surface area contributed by atoms with E-state index in [1.165, 1.54) is 47.5 Å². The number of hydrogen-bond acceptors (Lipinski definition) is 8. The number of para-hydroxylation sites is 1. The summed E-state index contributed by atoms with van der Waals surface area (Å²) < 4.78 is 21.4. The standard InChI is InChI=1S/C24H25FN6OS2/c1-2-12-31-20(13-32-17-10-7-6-9-16(17)25)29-30-24(31)33-14-19-27-22(26)21-15-8-4-3-5-11-18(15)34-23(21)28-19/h2,6-7,9-10H,1,3-5,8,11-14H2,(H2,26,27,28). The molecule has 7 nitrogen and oxygen atoms in total. The maximum Gasteiger partial charge on any atom is 0.192 e. The van der Waals surface area contributed by atoms with Crippen LogP contribution in [-0.2, 0) is 31.7 Å². The molecule has 0 aliphatic heterocycles. The van der Waals surface area contributed by atoms with E-state index in [1.807, 2.05) is 4.57 Å². The lowest BCUT2D eigenvalue weighted by Crippen LogP contribution is -2.08. The van der Waals surface area contributed by atoms with Crippen LogP contribution in [0, 0.1) is 5.82 Å². The van der Waals surface area contributed by atoms with E-state index in [0.717, 1.165) is 23.1 Å². The Hall–Kier alpha value is -2.98. The number of rotatable bonds is 8. The molecule has 1 aliphatic carbocycles. The fraction of sp³-hybridized carbons (Fsp3) is 0.333. The van der Waals surface area contributed by atoms with Crippen molar-refractivity contribution >= 4 is 39.1 Å². The summed E-state index contributed by atoms with van der Waals surface area (Å²) in [5.74, 6) is 2.09. The molecule has 3 aromatic heterocycles. The van der Waals surface area contributed by atoms with Gasteiger partial charge >= 0.3 is 0 Å². The number of anilines is 1. The van der Waals surface area contributed by atoms with Crippen molar-refractivity contribution in [2.45, 2.75) is 56.2 Å². The minimum Gasteiger partial charge on any atom is -0.483 e. The molecule has 0 atom stereocenters. The lowest BCUT2D eigenvalue weighted by molar-refractivity contribution is 0.275. The van der Waals surface area contributed by atoms with Crippen LogP contribution in [0.15, 0.2) is 42.1 Å². The van der Waals surface area contributed by atoms with E-state index in [4.69, 9.17) is 15.5 Å². The van der Waals surface area contributed by atoms with E-state index in [2.05, 4.69) is 21.8 Å². The van der Waals surface area contributed by atoms with Gasteiger partial charge in [0.2, 0.25) is 0 Å². The fourth-order valence-corrected chi connectivity index (χ4v) is 6.26. The maximum atomic E-state index is 13.9. The third-order valence-electron chi connectivity index (χ3n) is 5.77. The van der Waals surface area contributed by atoms with Crippen LogP contribution < -0.4 is 10.5 Å². The first-order valence-electron chi connectivity index (χ1n) is 11.2. The molecule has 0 amide bonds. The number of thioether (sulfide) groups is 1. The quantitative estimate of drug-likeness (QED) is 0.200. The van der Waals surface area contributed by atoms with Crippen molar-refractivity contribution in [3.8, 4) is 5.75 Å². The van der Waals surface area contributed by atoms with Gasteiger partial charge in [0, 0.05) is 11.4 Å². The van der Waals surface area contributed by atoms with Crippen LogP contribution in [0.3, 0.4) is 0 Å². The molecule has 0 fully saturated rings. The highest BCUT2D eigenvalue weighted by Crippen LogP contribution is 2.37. The molecular formula is C24H25FN6OS2.